The summed E-state index contributed by atoms with van der Waals surface area (Å²) >= 11 is 1.14. The van der Waals surface area contributed by atoms with Crippen LogP contribution in [0, 0.1) is 5.82 Å². The maximum atomic E-state index is 13.6. The molecule has 0 atom stereocenters. The van der Waals surface area contributed by atoms with Crippen molar-refractivity contribution in [1.82, 2.24) is 15.5 Å². The first-order chi connectivity index (χ1) is 13.6. The quantitative estimate of drug-likeness (QED) is 0.636. The van der Waals surface area contributed by atoms with Crippen LogP contribution in [0.25, 0.3) is 0 Å². The maximum Gasteiger partial charge on any atom is 0.286 e. The third-order valence-electron chi connectivity index (χ3n) is 3.73. The van der Waals surface area contributed by atoms with Crippen LogP contribution in [-0.4, -0.2) is 29.1 Å². The summed E-state index contributed by atoms with van der Waals surface area (Å²) in [4.78, 5) is 24.4. The maximum absolute atomic E-state index is 13.6. The molecule has 0 bridgehead atoms. The minimum Gasteiger partial charge on any atom is -0.377 e. The van der Waals surface area contributed by atoms with E-state index < -0.39 is 5.91 Å². The van der Waals surface area contributed by atoms with Crippen molar-refractivity contribution in [3.63, 3.8) is 0 Å². The molecule has 3 aromatic rings. The molecular weight excluding hydrogens is 383 g/mol. The van der Waals surface area contributed by atoms with E-state index in [0.717, 1.165) is 11.3 Å². The molecule has 9 heteroatoms. The van der Waals surface area contributed by atoms with Crippen molar-refractivity contribution in [2.24, 2.45) is 0 Å². The predicted octanol–water partition coefficient (Wildman–Crippen LogP) is 3.01. The monoisotopic (exact) mass is 400 g/mol. The lowest BCUT2D eigenvalue weighted by molar-refractivity contribution is 0.0950. The van der Waals surface area contributed by atoms with Gasteiger partial charge in [0.15, 0.2) is 0 Å². The second-order valence-electron chi connectivity index (χ2n) is 5.74. The first-order valence-electron chi connectivity index (χ1n) is 8.31. The fraction of sp³-hybridized carbons (Fsp3) is 0.158. The number of nitrogens with zero attached hydrogens (tertiary/aromatic N) is 2. The zero-order valence-corrected chi connectivity index (χ0v) is 15.8. The van der Waals surface area contributed by atoms with Gasteiger partial charge in [0, 0.05) is 30.5 Å². The average Bonchev–Trinajstić information content (AvgIpc) is 3.17. The lowest BCUT2D eigenvalue weighted by Crippen LogP contribution is -2.23. The van der Waals surface area contributed by atoms with Crippen LogP contribution in [-0.2, 0) is 17.9 Å². The van der Waals surface area contributed by atoms with Crippen LogP contribution in [0.15, 0.2) is 48.5 Å². The molecule has 2 amide bonds. The van der Waals surface area contributed by atoms with Gasteiger partial charge in [0.05, 0.1) is 6.61 Å². The lowest BCUT2D eigenvalue weighted by Gasteiger charge is -2.07. The van der Waals surface area contributed by atoms with Crippen LogP contribution >= 0.6 is 11.3 Å². The smallest absolute Gasteiger partial charge is 0.286 e. The van der Waals surface area contributed by atoms with Crippen LogP contribution in [0.2, 0.25) is 0 Å². The van der Waals surface area contributed by atoms with Gasteiger partial charge in [-0.1, -0.05) is 29.5 Å². The van der Waals surface area contributed by atoms with E-state index >= 15 is 0 Å². The topological polar surface area (TPSA) is 93.2 Å². The van der Waals surface area contributed by atoms with Gasteiger partial charge in [-0.05, 0) is 30.3 Å². The van der Waals surface area contributed by atoms with E-state index in [4.69, 9.17) is 4.74 Å². The fourth-order valence-corrected chi connectivity index (χ4v) is 3.04. The molecule has 0 aliphatic heterocycles. The van der Waals surface area contributed by atoms with E-state index in [1.54, 1.807) is 42.5 Å². The van der Waals surface area contributed by atoms with Gasteiger partial charge in [0.2, 0.25) is 5.01 Å². The van der Waals surface area contributed by atoms with Crippen molar-refractivity contribution >= 4 is 28.8 Å². The van der Waals surface area contributed by atoms with Gasteiger partial charge in [-0.3, -0.25) is 9.59 Å². The van der Waals surface area contributed by atoms with E-state index in [0.29, 0.717) is 28.4 Å². The number of hydrogen-bond acceptors (Lipinski definition) is 6. The molecule has 0 fully saturated rings. The molecule has 1 aromatic heterocycles. The normalized spacial score (nSPS) is 10.5. The summed E-state index contributed by atoms with van der Waals surface area (Å²) in [6.45, 7) is 0.381. The highest BCUT2D eigenvalue weighted by Gasteiger charge is 2.13. The largest absolute Gasteiger partial charge is 0.377 e. The van der Waals surface area contributed by atoms with Crippen LogP contribution in [0.4, 0.5) is 10.1 Å². The van der Waals surface area contributed by atoms with Gasteiger partial charge in [-0.15, -0.1) is 10.2 Å². The third-order valence-corrected chi connectivity index (χ3v) is 4.63. The van der Waals surface area contributed by atoms with Crippen molar-refractivity contribution in [2.45, 2.75) is 13.2 Å². The molecule has 0 saturated carbocycles. The number of rotatable bonds is 7. The van der Waals surface area contributed by atoms with Crippen LogP contribution < -0.4 is 10.6 Å². The summed E-state index contributed by atoms with van der Waals surface area (Å²) < 4.78 is 18.5. The third kappa shape index (κ3) is 4.96. The number of benzene rings is 2. The number of aromatic nitrogens is 2. The lowest BCUT2D eigenvalue weighted by atomic mass is 10.1. The Bertz CT molecular complexity index is 975. The van der Waals surface area contributed by atoms with E-state index in [-0.39, 0.29) is 23.3 Å². The van der Waals surface area contributed by atoms with Crippen molar-refractivity contribution in [3.8, 4) is 0 Å². The minimum atomic E-state index is -0.392. The molecule has 1 heterocycles. The van der Waals surface area contributed by atoms with Crippen molar-refractivity contribution < 1.29 is 18.7 Å². The Hall–Kier alpha value is -3.17. The van der Waals surface area contributed by atoms with Crippen LogP contribution in [0.5, 0.6) is 0 Å². The second-order valence-corrected chi connectivity index (χ2v) is 6.80. The molecule has 0 aliphatic rings. The summed E-state index contributed by atoms with van der Waals surface area (Å²) in [7, 11) is 1.54. The summed E-state index contributed by atoms with van der Waals surface area (Å²) in [5.41, 5.74) is 1.32. The molecule has 0 spiro atoms. The minimum absolute atomic E-state index is 0.0881. The van der Waals surface area contributed by atoms with Crippen LogP contribution in [0.1, 0.15) is 30.7 Å². The Morgan fingerprint density at radius 3 is 2.54 bits per heavy atom. The first-order valence-corrected chi connectivity index (χ1v) is 9.13. The molecule has 3 rings (SSSR count). The molecular formula is C19H17FN4O3S. The van der Waals surface area contributed by atoms with Crippen LogP contribution in [0.3, 0.4) is 0 Å². The van der Waals surface area contributed by atoms with E-state index in [2.05, 4.69) is 20.8 Å². The molecule has 7 nitrogen and oxygen atoms in total. The summed E-state index contributed by atoms with van der Waals surface area (Å²) in [5.74, 6) is -1.10. The van der Waals surface area contributed by atoms with Gasteiger partial charge in [-0.25, -0.2) is 4.39 Å². The Kier molecular flexibility index (Phi) is 6.41. The molecule has 144 valence electrons. The molecule has 0 saturated heterocycles. The highest BCUT2D eigenvalue weighted by molar-refractivity contribution is 7.13. The Morgan fingerprint density at radius 2 is 1.82 bits per heavy atom. The predicted molar refractivity (Wildman–Crippen MR) is 103 cm³/mol. The highest BCUT2D eigenvalue weighted by Crippen LogP contribution is 2.15. The highest BCUT2D eigenvalue weighted by atomic mass is 32.1. The number of amides is 2. The Balaban J connectivity index is 1.57. The van der Waals surface area contributed by atoms with Gasteiger partial charge >= 0.3 is 0 Å². The standard InChI is InChI=1S/C19H17FN4O3S/c1-27-11-16-23-24-19(28-16)18(26)22-14-8-6-12(7-9-14)17(25)21-10-13-4-2-3-5-15(13)20/h2-9H,10-11H2,1H3,(H,21,25)(H,22,26). The number of methoxy groups -OCH3 is 1. The molecule has 0 unspecified atom stereocenters. The second kappa shape index (κ2) is 9.16. The Labute approximate surface area is 164 Å². The first kappa shape index (κ1) is 19.6. The van der Waals surface area contributed by atoms with E-state index in [1.165, 1.54) is 13.2 Å². The molecule has 0 aliphatic carbocycles. The number of halogens is 1. The fourth-order valence-electron chi connectivity index (χ4n) is 2.34. The number of carbonyl (C=O) groups is 2. The van der Waals surface area contributed by atoms with E-state index in [1.807, 2.05) is 0 Å². The summed E-state index contributed by atoms with van der Waals surface area (Å²) in [6, 6.07) is 12.6. The zero-order chi connectivity index (χ0) is 19.9. The van der Waals surface area contributed by atoms with Crippen molar-refractivity contribution in [1.29, 1.82) is 0 Å². The van der Waals surface area contributed by atoms with Gasteiger partial charge in [0.1, 0.15) is 10.8 Å². The number of hydrogen-bond donors (Lipinski definition) is 2. The molecule has 0 radical (unpaired) electrons. The number of nitrogens with one attached hydrogen (secondary N) is 2. The summed E-state index contributed by atoms with van der Waals surface area (Å²) in [5, 5.41) is 13.9. The van der Waals surface area contributed by atoms with E-state index in [9.17, 15) is 14.0 Å². The molecule has 28 heavy (non-hydrogen) atoms. The SMILES string of the molecule is COCc1nnc(C(=O)Nc2ccc(C(=O)NCc3ccccc3F)cc2)s1. The van der Waals surface area contributed by atoms with Gasteiger partial charge < -0.3 is 15.4 Å². The Morgan fingerprint density at radius 1 is 1.07 bits per heavy atom. The summed E-state index contributed by atoms with van der Waals surface area (Å²) in [6.07, 6.45) is 0. The average molecular weight is 400 g/mol. The number of anilines is 1. The zero-order valence-electron chi connectivity index (χ0n) is 14.9. The molecule has 2 aromatic carbocycles. The number of carbonyl (C=O) groups excluding carboxylic acids is 2. The number of ether oxygens (including phenoxy) is 1. The van der Waals surface area contributed by atoms with Crippen molar-refractivity contribution in [2.75, 3.05) is 12.4 Å². The molecule has 2 N–H and O–H groups in total. The van der Waals surface area contributed by atoms with Gasteiger partial charge in [0.25, 0.3) is 11.8 Å². The van der Waals surface area contributed by atoms with Crippen molar-refractivity contribution in [3.05, 3.63) is 75.5 Å². The van der Waals surface area contributed by atoms with Gasteiger partial charge in [-0.2, -0.15) is 0 Å².